The van der Waals surface area contributed by atoms with Gasteiger partial charge in [0.05, 0.1) is 12.6 Å². The van der Waals surface area contributed by atoms with Crippen LogP contribution in [-0.2, 0) is 0 Å². The molecule has 6 nitrogen and oxygen atoms in total. The van der Waals surface area contributed by atoms with Gasteiger partial charge in [-0.15, -0.1) is 0 Å². The van der Waals surface area contributed by atoms with E-state index in [1.165, 1.54) is 0 Å². The van der Waals surface area contributed by atoms with Crippen LogP contribution in [0.3, 0.4) is 0 Å². The van der Waals surface area contributed by atoms with Gasteiger partial charge in [-0.05, 0) is 62.1 Å². The van der Waals surface area contributed by atoms with Gasteiger partial charge in [0.15, 0.2) is 0 Å². The monoisotopic (exact) mass is 400 g/mol. The molecule has 0 bridgehead atoms. The van der Waals surface area contributed by atoms with Gasteiger partial charge in [-0.1, -0.05) is 18.2 Å². The molecule has 1 saturated carbocycles. The first kappa shape index (κ1) is 19.7. The number of para-hydroxylation sites is 1. The van der Waals surface area contributed by atoms with Gasteiger partial charge in [0.1, 0.15) is 17.5 Å². The Balaban J connectivity index is 1.45. The lowest BCUT2D eigenvalue weighted by atomic mass is 9.90. The molecule has 30 heavy (non-hydrogen) atoms. The van der Waals surface area contributed by atoms with Crippen molar-refractivity contribution in [1.82, 2.24) is 10.3 Å². The fraction of sp³-hybridized carbons (Fsp3) is 0.292. The highest BCUT2D eigenvalue weighted by atomic mass is 16.5. The minimum absolute atomic E-state index is 0.0653. The Labute approximate surface area is 175 Å². The van der Waals surface area contributed by atoms with Crippen molar-refractivity contribution in [2.45, 2.75) is 37.8 Å². The molecule has 1 heterocycles. The van der Waals surface area contributed by atoms with Crippen LogP contribution >= 0.6 is 0 Å². The highest BCUT2D eigenvalue weighted by molar-refractivity contribution is 5.94. The highest BCUT2D eigenvalue weighted by Gasteiger charge is 2.24. The summed E-state index contributed by atoms with van der Waals surface area (Å²) in [7, 11) is 1.61. The number of anilines is 1. The van der Waals surface area contributed by atoms with Gasteiger partial charge in [0.2, 0.25) is 0 Å². The molecule has 1 amide bonds. The summed E-state index contributed by atoms with van der Waals surface area (Å²) in [5.74, 6) is 0.666. The van der Waals surface area contributed by atoms with Crippen LogP contribution in [0.2, 0.25) is 0 Å². The summed E-state index contributed by atoms with van der Waals surface area (Å²) >= 11 is 0. The number of carbonyl (C=O) groups is 1. The molecule has 0 aliphatic heterocycles. The number of nitrogens with zero attached hydrogens (tertiary/aromatic N) is 2. The number of pyridine rings is 1. The van der Waals surface area contributed by atoms with Crippen molar-refractivity contribution >= 4 is 22.5 Å². The second-order valence-corrected chi connectivity index (χ2v) is 7.59. The van der Waals surface area contributed by atoms with Crippen LogP contribution in [0.15, 0.2) is 54.6 Å². The van der Waals surface area contributed by atoms with Crippen LogP contribution in [0.1, 0.15) is 41.7 Å². The quantitative estimate of drug-likeness (QED) is 0.668. The van der Waals surface area contributed by atoms with E-state index in [0.717, 1.165) is 48.0 Å². The number of hydrogen-bond acceptors (Lipinski definition) is 5. The van der Waals surface area contributed by atoms with Gasteiger partial charge in [0.25, 0.3) is 5.91 Å². The molecule has 4 rings (SSSR count). The summed E-state index contributed by atoms with van der Waals surface area (Å²) in [4.78, 5) is 17.0. The van der Waals surface area contributed by atoms with Crippen LogP contribution in [0.25, 0.3) is 10.9 Å². The Bertz CT molecular complexity index is 1090. The molecule has 3 aromatic rings. The average molecular weight is 400 g/mol. The van der Waals surface area contributed by atoms with Crippen LogP contribution in [-0.4, -0.2) is 30.1 Å². The zero-order valence-electron chi connectivity index (χ0n) is 16.9. The Morgan fingerprint density at radius 2 is 1.90 bits per heavy atom. The molecule has 1 aliphatic rings. The number of aromatic nitrogens is 1. The number of nitriles is 1. The zero-order chi connectivity index (χ0) is 20.9. The summed E-state index contributed by atoms with van der Waals surface area (Å²) in [5.41, 5.74) is 2.75. The van der Waals surface area contributed by atoms with E-state index >= 15 is 0 Å². The molecule has 2 N–H and O–H groups in total. The Morgan fingerprint density at radius 1 is 1.13 bits per heavy atom. The number of carbonyl (C=O) groups excluding carboxylic acids is 1. The maximum absolute atomic E-state index is 12.6. The number of rotatable bonds is 5. The Kier molecular flexibility index (Phi) is 5.80. The molecule has 6 heteroatoms. The molecule has 1 aromatic heterocycles. The third-order valence-electron chi connectivity index (χ3n) is 5.55. The normalized spacial score (nSPS) is 18.4. The molecular weight excluding hydrogens is 376 g/mol. The van der Waals surface area contributed by atoms with Crippen molar-refractivity contribution in [3.05, 3.63) is 65.9 Å². The van der Waals surface area contributed by atoms with E-state index in [2.05, 4.69) is 21.7 Å². The zero-order valence-corrected chi connectivity index (χ0v) is 16.9. The lowest BCUT2D eigenvalue weighted by Gasteiger charge is -2.31. The van der Waals surface area contributed by atoms with Crippen molar-refractivity contribution in [1.29, 1.82) is 5.26 Å². The molecule has 0 radical (unpaired) electrons. The summed E-state index contributed by atoms with van der Waals surface area (Å²) < 4.78 is 5.15. The number of fused-ring (bicyclic) bond motifs is 1. The van der Waals surface area contributed by atoms with Gasteiger partial charge in [-0.3, -0.25) is 4.79 Å². The van der Waals surface area contributed by atoms with Crippen molar-refractivity contribution in [3.63, 3.8) is 0 Å². The Morgan fingerprint density at radius 3 is 2.67 bits per heavy atom. The third kappa shape index (κ3) is 4.36. The molecule has 0 saturated heterocycles. The summed E-state index contributed by atoms with van der Waals surface area (Å²) in [5, 5.41) is 17.1. The maximum atomic E-state index is 12.6. The topological polar surface area (TPSA) is 87.0 Å². The van der Waals surface area contributed by atoms with E-state index in [1.807, 2.05) is 30.3 Å². The van der Waals surface area contributed by atoms with E-state index in [-0.39, 0.29) is 18.0 Å². The molecule has 1 fully saturated rings. The predicted molar refractivity (Wildman–Crippen MR) is 117 cm³/mol. The first-order valence-electron chi connectivity index (χ1n) is 10.2. The minimum atomic E-state index is -0.0653. The Hall–Kier alpha value is -3.59. The van der Waals surface area contributed by atoms with Crippen LogP contribution < -0.4 is 15.4 Å². The first-order valence-corrected chi connectivity index (χ1v) is 10.2. The first-order chi connectivity index (χ1) is 14.7. The van der Waals surface area contributed by atoms with E-state index < -0.39 is 0 Å². The summed E-state index contributed by atoms with van der Waals surface area (Å²) in [6, 6.07) is 19.2. The van der Waals surface area contributed by atoms with Gasteiger partial charge in [-0.25, -0.2) is 4.98 Å². The van der Waals surface area contributed by atoms with E-state index in [9.17, 15) is 10.1 Å². The number of methoxy groups -OCH3 is 1. The summed E-state index contributed by atoms with van der Waals surface area (Å²) in [6.07, 6.45) is 3.84. The van der Waals surface area contributed by atoms with Crippen LogP contribution in [0.4, 0.5) is 5.69 Å². The number of amides is 1. The molecule has 2 atom stereocenters. The fourth-order valence-corrected chi connectivity index (χ4v) is 4.04. The number of hydrogen-bond donors (Lipinski definition) is 2. The maximum Gasteiger partial charge on any atom is 0.251 e. The SMILES string of the molecule is COc1ccc(C(=O)N[C@@H]2CCC[C@H](Nc3cc(C#N)nc4ccccc34)C2)cc1. The largest absolute Gasteiger partial charge is 0.497 e. The van der Waals surface area contributed by atoms with E-state index in [4.69, 9.17) is 4.74 Å². The minimum Gasteiger partial charge on any atom is -0.497 e. The third-order valence-corrected chi connectivity index (χ3v) is 5.55. The molecule has 2 aromatic carbocycles. The second-order valence-electron chi connectivity index (χ2n) is 7.59. The van der Waals surface area contributed by atoms with Crippen LogP contribution in [0.5, 0.6) is 5.75 Å². The second kappa shape index (κ2) is 8.83. The smallest absolute Gasteiger partial charge is 0.251 e. The standard InChI is InChI=1S/C24H24N4O2/c1-30-20-11-9-16(10-12-20)24(29)28-18-6-4-5-17(13-18)26-23-14-19(15-25)27-22-8-3-2-7-21(22)23/h2-3,7-12,14,17-18H,4-6,13H2,1H3,(H,26,27)(H,28,29)/t17-,18+/m0/s1. The van der Waals surface area contributed by atoms with Crippen LogP contribution in [0, 0.1) is 11.3 Å². The average Bonchev–Trinajstić information content (AvgIpc) is 2.79. The van der Waals surface area contributed by atoms with Crippen molar-refractivity contribution < 1.29 is 9.53 Å². The van der Waals surface area contributed by atoms with E-state index in [0.29, 0.717) is 11.3 Å². The van der Waals surface area contributed by atoms with Crippen molar-refractivity contribution in [2.75, 3.05) is 12.4 Å². The van der Waals surface area contributed by atoms with E-state index in [1.54, 1.807) is 31.4 Å². The molecule has 152 valence electrons. The lowest BCUT2D eigenvalue weighted by Crippen LogP contribution is -2.41. The number of ether oxygens (including phenoxy) is 1. The molecule has 0 spiro atoms. The molecule has 0 unspecified atom stereocenters. The van der Waals surface area contributed by atoms with Gasteiger partial charge in [0, 0.05) is 28.7 Å². The fourth-order valence-electron chi connectivity index (χ4n) is 4.04. The summed E-state index contributed by atoms with van der Waals surface area (Å²) in [6.45, 7) is 0. The van der Waals surface area contributed by atoms with Gasteiger partial charge >= 0.3 is 0 Å². The number of nitrogens with one attached hydrogen (secondary N) is 2. The molecular formula is C24H24N4O2. The molecule has 1 aliphatic carbocycles. The van der Waals surface area contributed by atoms with Gasteiger partial charge < -0.3 is 15.4 Å². The lowest BCUT2D eigenvalue weighted by molar-refractivity contribution is 0.0926. The van der Waals surface area contributed by atoms with Crippen molar-refractivity contribution in [2.24, 2.45) is 0 Å². The highest BCUT2D eigenvalue weighted by Crippen LogP contribution is 2.28. The van der Waals surface area contributed by atoms with Crippen molar-refractivity contribution in [3.8, 4) is 11.8 Å². The van der Waals surface area contributed by atoms with Gasteiger partial charge in [-0.2, -0.15) is 5.26 Å². The number of benzene rings is 2. The predicted octanol–water partition coefficient (Wildman–Crippen LogP) is 4.27.